The van der Waals surface area contributed by atoms with Crippen molar-refractivity contribution in [1.29, 1.82) is 0 Å². The molecule has 0 amide bonds. The molecule has 0 spiro atoms. The fourth-order valence-corrected chi connectivity index (χ4v) is 7.83. The summed E-state index contributed by atoms with van der Waals surface area (Å²) in [6, 6.07) is 8.84. The third kappa shape index (κ3) is 5.54. The van der Waals surface area contributed by atoms with Crippen LogP contribution in [0.5, 0.6) is 0 Å². The topological polar surface area (TPSA) is 35.6 Å². The van der Waals surface area contributed by atoms with E-state index < -0.39 is 0 Å². The number of nitrogens with zero attached hydrogens (tertiary/aromatic N) is 4. The number of rotatable bonds is 8. The summed E-state index contributed by atoms with van der Waals surface area (Å²) < 4.78 is 3.71. The minimum Gasteiger partial charge on any atom is -0.253 e. The molecule has 0 unspecified atom stereocenters. The van der Waals surface area contributed by atoms with Gasteiger partial charge in [-0.1, -0.05) is 55.4 Å². The van der Waals surface area contributed by atoms with Gasteiger partial charge < -0.3 is 0 Å². The van der Waals surface area contributed by atoms with Gasteiger partial charge in [-0.05, 0) is 120 Å². The molecule has 3 aromatic heterocycles. The van der Waals surface area contributed by atoms with Crippen LogP contribution < -0.4 is 0 Å². The summed E-state index contributed by atoms with van der Waals surface area (Å²) in [5.41, 5.74) is 18.4. The number of hydrogen-bond acceptors (Lipinski definition) is 2. The number of fused-ring (bicyclic) bond motifs is 8. The van der Waals surface area contributed by atoms with E-state index in [9.17, 15) is 0 Å². The predicted molar refractivity (Wildman–Crippen MR) is 189 cm³/mol. The summed E-state index contributed by atoms with van der Waals surface area (Å²) in [5.74, 6) is 0. The molecule has 226 valence electrons. The maximum absolute atomic E-state index is 7.25. The van der Waals surface area contributed by atoms with Gasteiger partial charge in [0.1, 0.15) is 0 Å². The van der Waals surface area contributed by atoms with Gasteiger partial charge in [0.15, 0.2) is 0 Å². The van der Waals surface area contributed by atoms with Gasteiger partial charge in [0.2, 0.25) is 0 Å². The van der Waals surface area contributed by atoms with E-state index in [1.807, 2.05) is 8.17 Å². The van der Waals surface area contributed by atoms with Crippen molar-refractivity contribution in [3.8, 4) is 0 Å². The maximum Gasteiger partial charge on any atom is 0.0693 e. The maximum atomic E-state index is 7.25. The van der Waals surface area contributed by atoms with E-state index in [0.717, 1.165) is 96.2 Å². The summed E-state index contributed by atoms with van der Waals surface area (Å²) in [7, 11) is 0. The summed E-state index contributed by atoms with van der Waals surface area (Å²) in [6.07, 6.45) is 7.20. The van der Waals surface area contributed by atoms with Crippen LogP contribution >= 0.6 is 23.6 Å². The van der Waals surface area contributed by atoms with Crippen molar-refractivity contribution in [2.75, 3.05) is 0 Å². The van der Waals surface area contributed by atoms with Crippen LogP contribution in [0.3, 0.4) is 0 Å². The Balaban J connectivity index is 0.00000423. The second-order valence-corrected chi connectivity index (χ2v) is 11.8. The second-order valence-electron chi connectivity index (χ2n) is 11.1. The largest absolute Gasteiger partial charge is 0.253 e. The Hall–Kier alpha value is -2.02. The van der Waals surface area contributed by atoms with E-state index in [-0.39, 0.29) is 23.9 Å². The molecule has 0 aliphatic carbocycles. The molecule has 0 atom stereocenters. The predicted octanol–water partition coefficient (Wildman–Crippen LogP) is 10.6. The van der Waals surface area contributed by atoms with E-state index >= 15 is 0 Å². The molecule has 0 saturated carbocycles. The molecule has 5 rings (SSSR count). The van der Waals surface area contributed by atoms with Crippen molar-refractivity contribution in [3.63, 3.8) is 0 Å². The third-order valence-electron chi connectivity index (χ3n) is 9.18. The molecule has 7 heteroatoms. The minimum absolute atomic E-state index is 0. The van der Waals surface area contributed by atoms with Crippen LogP contribution in [0.1, 0.15) is 126 Å². The van der Waals surface area contributed by atoms with Crippen LogP contribution in [0.4, 0.5) is 0 Å². The summed E-state index contributed by atoms with van der Waals surface area (Å²) in [4.78, 5) is 10.5. The van der Waals surface area contributed by atoms with Gasteiger partial charge in [0.25, 0.3) is 0 Å². The Morgan fingerprint density at radius 3 is 0.791 bits per heavy atom. The van der Waals surface area contributed by atoms with Gasteiger partial charge in [-0.15, -0.1) is 0 Å². The monoisotopic (exact) mass is 722 g/mol. The summed E-state index contributed by atoms with van der Waals surface area (Å²) in [6.45, 7) is 17.7. The average molecular weight is 722 g/mol. The summed E-state index contributed by atoms with van der Waals surface area (Å²) >= 11 is 14.5. The van der Waals surface area contributed by atoms with E-state index in [4.69, 9.17) is 33.5 Å². The molecule has 0 saturated heterocycles. The Morgan fingerprint density at radius 2 is 0.628 bits per heavy atom. The van der Waals surface area contributed by atoms with Crippen LogP contribution in [0.25, 0.3) is 44.4 Å². The fraction of sp³-hybridized carbons (Fsp3) is 0.444. The SMILES string of the molecule is CCC1=C(CC)c2cc3c(CC)c(CC)c(cc4nc(cc5c(CC)c(CC)c(cc1n2)n5Cl)C(CC)=C4CC)n3Cl.[Sn]. The second kappa shape index (κ2) is 14.0. The molecule has 5 heterocycles. The Morgan fingerprint density at radius 1 is 0.419 bits per heavy atom. The standard InChI is InChI=1S/C36H44Cl2N4.Sn/c1-9-21-22(10-2)30-18-34-27(15-7)28(16-8)36(42(34)38)20-32-24(12-4)23(11-3)31(40-32)19-35-26(14-6)25(13-5)33(41(35)37)17-29(21)39-30;/h17-20H,9-16H2,1-8H3;. The van der Waals surface area contributed by atoms with Crippen molar-refractivity contribution in [1.82, 2.24) is 18.1 Å². The molecular formula is C36H44Cl2N4Sn. The van der Waals surface area contributed by atoms with E-state index in [2.05, 4.69) is 79.7 Å². The van der Waals surface area contributed by atoms with Gasteiger partial charge in [-0.25, -0.2) is 9.97 Å². The van der Waals surface area contributed by atoms with E-state index in [1.54, 1.807) is 0 Å². The number of aryl methyl sites for hydroxylation is 4. The summed E-state index contributed by atoms with van der Waals surface area (Å²) in [5, 5.41) is 0. The number of halogens is 2. The van der Waals surface area contributed by atoms with Crippen LogP contribution in [-0.4, -0.2) is 42.0 Å². The number of hydrogen-bond donors (Lipinski definition) is 0. The smallest absolute Gasteiger partial charge is 0.0693 e. The average Bonchev–Trinajstić information content (AvgIpc) is 3.67. The van der Waals surface area contributed by atoms with Crippen LogP contribution in [0.2, 0.25) is 0 Å². The molecule has 3 aromatic rings. The van der Waals surface area contributed by atoms with Gasteiger partial charge in [-0.2, -0.15) is 0 Å². The molecule has 8 bridgehead atoms. The first-order valence-electron chi connectivity index (χ1n) is 15.9. The Labute approximate surface area is 284 Å². The molecule has 4 nitrogen and oxygen atoms in total. The normalized spacial score (nSPS) is 13.3. The van der Waals surface area contributed by atoms with Gasteiger partial charge in [-0.3, -0.25) is 8.17 Å². The molecule has 0 N–H and O–H groups in total. The zero-order chi connectivity index (χ0) is 30.3. The Kier molecular flexibility index (Phi) is 11.0. The number of aromatic nitrogens is 4. The minimum atomic E-state index is 0. The molecule has 0 aromatic carbocycles. The Bertz CT molecular complexity index is 1540. The first-order valence-corrected chi connectivity index (χ1v) is 16.6. The molecular weight excluding hydrogens is 678 g/mol. The van der Waals surface area contributed by atoms with Gasteiger partial charge in [0, 0.05) is 47.5 Å². The quantitative estimate of drug-likeness (QED) is 0.217. The molecule has 2 aliphatic heterocycles. The van der Waals surface area contributed by atoms with Crippen LogP contribution in [0, 0.1) is 0 Å². The molecule has 0 fully saturated rings. The number of allylic oxidation sites excluding steroid dienone is 4. The third-order valence-corrected chi connectivity index (χ3v) is 9.91. The van der Waals surface area contributed by atoms with E-state index in [1.165, 1.54) is 44.5 Å². The van der Waals surface area contributed by atoms with Crippen molar-refractivity contribution in [2.24, 2.45) is 0 Å². The zero-order valence-electron chi connectivity index (χ0n) is 27.0. The van der Waals surface area contributed by atoms with Crippen molar-refractivity contribution < 1.29 is 0 Å². The molecule has 43 heavy (non-hydrogen) atoms. The van der Waals surface area contributed by atoms with Gasteiger partial charge in [0.05, 0.1) is 44.8 Å². The van der Waals surface area contributed by atoms with E-state index in [0.29, 0.717) is 0 Å². The van der Waals surface area contributed by atoms with Crippen molar-refractivity contribution >= 4 is 91.8 Å². The first-order chi connectivity index (χ1) is 20.3. The zero-order valence-corrected chi connectivity index (χ0v) is 31.4. The van der Waals surface area contributed by atoms with Crippen LogP contribution in [-0.2, 0) is 25.7 Å². The fourth-order valence-electron chi connectivity index (χ4n) is 7.23. The van der Waals surface area contributed by atoms with Crippen molar-refractivity contribution in [3.05, 3.63) is 69.3 Å². The van der Waals surface area contributed by atoms with Crippen molar-refractivity contribution in [2.45, 2.75) is 107 Å². The molecule has 2 aliphatic rings. The molecule has 4 radical (unpaired) electrons. The first kappa shape index (κ1) is 33.9. The van der Waals surface area contributed by atoms with Crippen LogP contribution in [0.15, 0.2) is 24.3 Å². The van der Waals surface area contributed by atoms with Gasteiger partial charge >= 0.3 is 0 Å².